The van der Waals surface area contributed by atoms with Gasteiger partial charge in [0.25, 0.3) is 5.91 Å². The number of carbonyl (C=O) groups excluding carboxylic acids is 1. The van der Waals surface area contributed by atoms with Gasteiger partial charge in [0.05, 0.1) is 11.2 Å². The predicted molar refractivity (Wildman–Crippen MR) is 85.9 cm³/mol. The van der Waals surface area contributed by atoms with Crippen molar-refractivity contribution in [3.63, 3.8) is 0 Å². The highest BCUT2D eigenvalue weighted by Gasteiger charge is 2.17. The van der Waals surface area contributed by atoms with Crippen LogP contribution in [0.15, 0.2) is 30.3 Å². The van der Waals surface area contributed by atoms with E-state index in [1.54, 1.807) is 4.68 Å². The van der Waals surface area contributed by atoms with Gasteiger partial charge in [-0.2, -0.15) is 10.2 Å². The van der Waals surface area contributed by atoms with Gasteiger partial charge in [0.15, 0.2) is 5.69 Å². The minimum atomic E-state index is -0.214. The number of para-hydroxylation sites is 1. The topological polar surface area (TPSA) is 64.7 Å². The van der Waals surface area contributed by atoms with Gasteiger partial charge in [-0.15, -0.1) is 0 Å². The van der Waals surface area contributed by atoms with E-state index in [2.05, 4.69) is 22.4 Å². The van der Waals surface area contributed by atoms with Crippen LogP contribution in [0.2, 0.25) is 0 Å². The molecule has 6 heteroatoms. The molecule has 0 atom stereocenters. The molecule has 114 valence electrons. The second-order valence-corrected chi connectivity index (χ2v) is 5.34. The normalized spacial score (nSPS) is 11.0. The van der Waals surface area contributed by atoms with E-state index in [0.717, 1.165) is 29.6 Å². The summed E-state index contributed by atoms with van der Waals surface area (Å²) in [6.07, 6.45) is 0.955. The van der Waals surface area contributed by atoms with Crippen molar-refractivity contribution in [1.82, 2.24) is 19.6 Å². The fourth-order valence-corrected chi connectivity index (χ4v) is 2.59. The van der Waals surface area contributed by atoms with Gasteiger partial charge < -0.3 is 5.32 Å². The third kappa shape index (κ3) is 2.47. The van der Waals surface area contributed by atoms with Crippen LogP contribution in [0, 0.1) is 6.92 Å². The summed E-state index contributed by atoms with van der Waals surface area (Å²) < 4.78 is 3.54. The lowest BCUT2D eigenvalue weighted by Gasteiger charge is -2.06. The molecule has 0 bridgehead atoms. The van der Waals surface area contributed by atoms with Gasteiger partial charge in [-0.05, 0) is 19.4 Å². The molecule has 1 N–H and O–H groups in total. The van der Waals surface area contributed by atoms with Crippen molar-refractivity contribution in [2.75, 3.05) is 5.32 Å². The molecule has 2 heterocycles. The van der Waals surface area contributed by atoms with Crippen molar-refractivity contribution in [3.05, 3.63) is 41.7 Å². The maximum atomic E-state index is 12.6. The number of rotatable bonds is 4. The van der Waals surface area contributed by atoms with E-state index in [1.807, 2.05) is 49.0 Å². The summed E-state index contributed by atoms with van der Waals surface area (Å²) in [5.74, 6) is 0.494. The number of aryl methyl sites for hydroxylation is 3. The second kappa shape index (κ2) is 5.63. The highest BCUT2D eigenvalue weighted by molar-refractivity contribution is 6.10. The zero-order valence-electron chi connectivity index (χ0n) is 13.0. The molecule has 2 aromatic heterocycles. The molecule has 0 saturated carbocycles. The molecule has 0 radical (unpaired) electrons. The Hall–Kier alpha value is -2.63. The van der Waals surface area contributed by atoms with Crippen molar-refractivity contribution in [2.45, 2.75) is 26.8 Å². The summed E-state index contributed by atoms with van der Waals surface area (Å²) in [6.45, 7) is 4.76. The van der Waals surface area contributed by atoms with Crippen LogP contribution >= 0.6 is 0 Å². The van der Waals surface area contributed by atoms with Crippen LogP contribution in [-0.4, -0.2) is 25.5 Å². The molecule has 1 aromatic carbocycles. The number of nitrogens with one attached hydrogen (secondary N) is 1. The Kier molecular flexibility index (Phi) is 3.66. The highest BCUT2D eigenvalue weighted by Crippen LogP contribution is 2.19. The standard InChI is InChI=1S/C16H19N5O/c1-4-9-21-14(10-11(2)18-21)17-16(22)15-12-7-5-6-8-13(12)20(3)19-15/h5-8,10H,4,9H2,1-3H3,(H,17,22). The molecule has 0 aliphatic heterocycles. The molecule has 0 aliphatic rings. The Morgan fingerprint density at radius 2 is 2.05 bits per heavy atom. The Balaban J connectivity index is 1.94. The summed E-state index contributed by atoms with van der Waals surface area (Å²) in [7, 11) is 1.84. The summed E-state index contributed by atoms with van der Waals surface area (Å²) in [5.41, 5.74) is 2.25. The molecule has 1 amide bonds. The molecule has 6 nitrogen and oxygen atoms in total. The highest BCUT2D eigenvalue weighted by atomic mass is 16.2. The average molecular weight is 297 g/mol. The van der Waals surface area contributed by atoms with Crippen LogP contribution in [0.25, 0.3) is 10.9 Å². The van der Waals surface area contributed by atoms with E-state index in [4.69, 9.17) is 0 Å². The maximum Gasteiger partial charge on any atom is 0.277 e. The zero-order chi connectivity index (χ0) is 15.7. The number of carbonyl (C=O) groups is 1. The Bertz CT molecular complexity index is 830. The van der Waals surface area contributed by atoms with Crippen LogP contribution in [0.3, 0.4) is 0 Å². The first-order valence-corrected chi connectivity index (χ1v) is 7.37. The largest absolute Gasteiger partial charge is 0.305 e. The van der Waals surface area contributed by atoms with Crippen molar-refractivity contribution in [2.24, 2.45) is 7.05 Å². The predicted octanol–water partition coefficient (Wildman–Crippen LogP) is 2.74. The van der Waals surface area contributed by atoms with Crippen molar-refractivity contribution in [1.29, 1.82) is 0 Å². The molecule has 0 aliphatic carbocycles. The lowest BCUT2D eigenvalue weighted by molar-refractivity contribution is 0.102. The minimum absolute atomic E-state index is 0.214. The van der Waals surface area contributed by atoms with Crippen LogP contribution in [0.1, 0.15) is 29.5 Å². The summed E-state index contributed by atoms with van der Waals surface area (Å²) in [6, 6.07) is 9.58. The number of benzene rings is 1. The van der Waals surface area contributed by atoms with Gasteiger partial charge in [-0.25, -0.2) is 4.68 Å². The molecular weight excluding hydrogens is 278 g/mol. The van der Waals surface area contributed by atoms with E-state index >= 15 is 0 Å². The van der Waals surface area contributed by atoms with Crippen LogP contribution < -0.4 is 5.32 Å². The van der Waals surface area contributed by atoms with Gasteiger partial charge in [-0.1, -0.05) is 25.1 Å². The Morgan fingerprint density at radius 3 is 2.82 bits per heavy atom. The molecule has 3 rings (SSSR count). The number of hydrogen-bond donors (Lipinski definition) is 1. The van der Waals surface area contributed by atoms with Gasteiger partial charge in [-0.3, -0.25) is 9.48 Å². The second-order valence-electron chi connectivity index (χ2n) is 5.34. The molecule has 0 unspecified atom stereocenters. The molecule has 0 saturated heterocycles. The van der Waals surface area contributed by atoms with E-state index in [-0.39, 0.29) is 5.91 Å². The smallest absolute Gasteiger partial charge is 0.277 e. The van der Waals surface area contributed by atoms with Gasteiger partial charge in [0, 0.05) is 25.0 Å². The fraction of sp³-hybridized carbons (Fsp3) is 0.312. The quantitative estimate of drug-likeness (QED) is 0.805. The molecular formula is C16H19N5O. The number of anilines is 1. The minimum Gasteiger partial charge on any atom is -0.305 e. The third-order valence-electron chi connectivity index (χ3n) is 3.55. The third-order valence-corrected chi connectivity index (χ3v) is 3.55. The SMILES string of the molecule is CCCn1nc(C)cc1NC(=O)c1nn(C)c2ccccc12. The number of fused-ring (bicyclic) bond motifs is 1. The molecule has 0 fully saturated rings. The number of aromatic nitrogens is 4. The summed E-state index contributed by atoms with van der Waals surface area (Å²) in [4.78, 5) is 12.6. The van der Waals surface area contributed by atoms with Gasteiger partial charge in [0.2, 0.25) is 0 Å². The average Bonchev–Trinajstić information content (AvgIpc) is 3.01. The molecule has 22 heavy (non-hydrogen) atoms. The molecule has 0 spiro atoms. The van der Waals surface area contributed by atoms with E-state index in [0.29, 0.717) is 11.5 Å². The first-order valence-electron chi connectivity index (χ1n) is 7.37. The van der Waals surface area contributed by atoms with Crippen LogP contribution in [-0.2, 0) is 13.6 Å². The number of hydrogen-bond acceptors (Lipinski definition) is 3. The van der Waals surface area contributed by atoms with Crippen molar-refractivity contribution < 1.29 is 4.79 Å². The van der Waals surface area contributed by atoms with E-state index < -0.39 is 0 Å². The molecule has 3 aromatic rings. The Morgan fingerprint density at radius 1 is 1.27 bits per heavy atom. The summed E-state index contributed by atoms with van der Waals surface area (Å²) >= 11 is 0. The summed E-state index contributed by atoms with van der Waals surface area (Å²) in [5, 5.41) is 12.5. The van der Waals surface area contributed by atoms with Gasteiger partial charge >= 0.3 is 0 Å². The van der Waals surface area contributed by atoms with Crippen molar-refractivity contribution in [3.8, 4) is 0 Å². The first-order chi connectivity index (χ1) is 10.6. The lowest BCUT2D eigenvalue weighted by atomic mass is 10.2. The fourth-order valence-electron chi connectivity index (χ4n) is 2.59. The Labute approximate surface area is 128 Å². The number of nitrogens with zero attached hydrogens (tertiary/aromatic N) is 4. The lowest BCUT2D eigenvalue weighted by Crippen LogP contribution is -2.16. The first kappa shape index (κ1) is 14.3. The monoisotopic (exact) mass is 297 g/mol. The van der Waals surface area contributed by atoms with Crippen LogP contribution in [0.4, 0.5) is 5.82 Å². The van der Waals surface area contributed by atoms with E-state index in [9.17, 15) is 4.79 Å². The zero-order valence-corrected chi connectivity index (χ0v) is 13.0. The van der Waals surface area contributed by atoms with Crippen molar-refractivity contribution >= 4 is 22.6 Å². The van der Waals surface area contributed by atoms with Gasteiger partial charge in [0.1, 0.15) is 5.82 Å². The van der Waals surface area contributed by atoms with E-state index in [1.165, 1.54) is 0 Å². The van der Waals surface area contributed by atoms with Crippen LogP contribution in [0.5, 0.6) is 0 Å². The maximum absolute atomic E-state index is 12.6. The number of amides is 1.